The molecule has 0 aliphatic rings. The number of nitrogens with zero attached hydrogens (tertiary/aromatic N) is 2. The number of alkyl halides is 1. The molecule has 116 valence electrons. The average Bonchev–Trinajstić information content (AvgIpc) is 2.66. The number of halogens is 3. The third-order valence-corrected chi connectivity index (χ3v) is 6.20. The molecule has 0 saturated heterocycles. The molecule has 0 N–H and O–H groups in total. The Morgan fingerprint density at radius 3 is 2.52 bits per heavy atom. The molecule has 1 aromatic heterocycles. The van der Waals surface area contributed by atoms with Crippen LogP contribution in [-0.4, -0.2) is 29.0 Å². The lowest BCUT2D eigenvalue weighted by Crippen LogP contribution is -2.36. The summed E-state index contributed by atoms with van der Waals surface area (Å²) in [6.45, 7) is 3.40. The van der Waals surface area contributed by atoms with Gasteiger partial charge in [0.25, 0.3) is 0 Å². The highest BCUT2D eigenvalue weighted by atomic mass is 35.5. The summed E-state index contributed by atoms with van der Waals surface area (Å²) < 4.78 is 37.9. The van der Waals surface area contributed by atoms with Crippen molar-refractivity contribution in [1.29, 1.82) is 0 Å². The molecule has 0 atom stereocenters. The van der Waals surface area contributed by atoms with Gasteiger partial charge in [0.2, 0.25) is 0 Å². The molecule has 0 bridgehead atoms. The number of aromatic nitrogens is 2. The lowest BCUT2D eigenvalue weighted by Gasteiger charge is -2.24. The van der Waals surface area contributed by atoms with Crippen molar-refractivity contribution in [2.45, 2.75) is 31.0 Å². The summed E-state index contributed by atoms with van der Waals surface area (Å²) in [5.41, 5.74) is 0.964. The lowest BCUT2D eigenvalue weighted by molar-refractivity contribution is 0.503. The first-order chi connectivity index (χ1) is 9.56. The first kappa shape index (κ1) is 16.5. The maximum Gasteiger partial charge on any atom is 0.154 e. The van der Waals surface area contributed by atoms with E-state index in [-0.39, 0.29) is 17.4 Å². The zero-order valence-corrected chi connectivity index (χ0v) is 14.2. The lowest BCUT2D eigenvalue weighted by atomic mass is 10.2. The number of sulfone groups is 1. The Morgan fingerprint density at radius 1 is 1.38 bits per heavy atom. The minimum Gasteiger partial charge on any atom is -0.325 e. The first-order valence-electron chi connectivity index (χ1n) is 6.16. The molecular formula is C13H15Cl2FN2O2S. The fourth-order valence-corrected chi connectivity index (χ4v) is 2.67. The Labute approximate surface area is 132 Å². The quantitative estimate of drug-likeness (QED) is 0.792. The first-order valence-corrected chi connectivity index (χ1v) is 8.97. The number of hydrogen-bond acceptors (Lipinski definition) is 3. The van der Waals surface area contributed by atoms with E-state index in [4.69, 9.17) is 23.2 Å². The molecule has 2 aromatic rings. The van der Waals surface area contributed by atoms with Crippen LogP contribution in [-0.2, 0) is 22.3 Å². The van der Waals surface area contributed by atoms with Gasteiger partial charge >= 0.3 is 0 Å². The van der Waals surface area contributed by atoms with E-state index in [1.807, 2.05) is 0 Å². The van der Waals surface area contributed by atoms with Gasteiger partial charge in [-0.1, -0.05) is 11.6 Å². The van der Waals surface area contributed by atoms with Gasteiger partial charge in [0.1, 0.15) is 11.6 Å². The van der Waals surface area contributed by atoms with Gasteiger partial charge in [-0.3, -0.25) is 0 Å². The molecule has 0 amide bonds. The second kappa shape index (κ2) is 5.41. The molecule has 8 heteroatoms. The molecule has 0 spiro atoms. The van der Waals surface area contributed by atoms with Crippen LogP contribution in [0, 0.1) is 5.82 Å². The minimum absolute atomic E-state index is 0.0399. The van der Waals surface area contributed by atoms with Crippen molar-refractivity contribution in [2.24, 2.45) is 0 Å². The van der Waals surface area contributed by atoms with Crippen LogP contribution >= 0.6 is 23.2 Å². The molecule has 4 nitrogen and oxygen atoms in total. The monoisotopic (exact) mass is 352 g/mol. The van der Waals surface area contributed by atoms with Crippen LogP contribution in [0.4, 0.5) is 4.39 Å². The van der Waals surface area contributed by atoms with Gasteiger partial charge in [-0.25, -0.2) is 17.8 Å². The SMILES string of the molecule is CC(C)(Cn1c(CCl)nc2cc(F)c(Cl)cc21)S(C)(=O)=O. The van der Waals surface area contributed by atoms with Crippen LogP contribution in [0.25, 0.3) is 11.0 Å². The van der Waals surface area contributed by atoms with Crippen LogP contribution in [0.1, 0.15) is 19.7 Å². The van der Waals surface area contributed by atoms with Gasteiger partial charge in [0.15, 0.2) is 9.84 Å². The van der Waals surface area contributed by atoms with E-state index < -0.39 is 20.4 Å². The van der Waals surface area contributed by atoms with E-state index in [9.17, 15) is 12.8 Å². The molecule has 2 rings (SSSR count). The highest BCUT2D eigenvalue weighted by Gasteiger charge is 2.32. The highest BCUT2D eigenvalue weighted by molar-refractivity contribution is 7.92. The predicted molar refractivity (Wildman–Crippen MR) is 83.2 cm³/mol. The van der Waals surface area contributed by atoms with Gasteiger partial charge < -0.3 is 4.57 Å². The second-order valence-corrected chi connectivity index (χ2v) is 8.86. The number of fused-ring (bicyclic) bond motifs is 1. The number of rotatable bonds is 4. The Balaban J connectivity index is 2.65. The van der Waals surface area contributed by atoms with Crippen molar-refractivity contribution in [3.05, 3.63) is 28.8 Å². The van der Waals surface area contributed by atoms with E-state index in [1.54, 1.807) is 18.4 Å². The van der Waals surface area contributed by atoms with E-state index in [1.165, 1.54) is 18.4 Å². The van der Waals surface area contributed by atoms with Crippen LogP contribution < -0.4 is 0 Å². The summed E-state index contributed by atoms with van der Waals surface area (Å²) in [7, 11) is -3.29. The largest absolute Gasteiger partial charge is 0.325 e. The normalized spacial score (nSPS) is 13.0. The highest BCUT2D eigenvalue weighted by Crippen LogP contribution is 2.27. The molecule has 0 aliphatic carbocycles. The van der Waals surface area contributed by atoms with Crippen LogP contribution in [0.5, 0.6) is 0 Å². The van der Waals surface area contributed by atoms with Gasteiger partial charge in [0.05, 0.1) is 26.7 Å². The van der Waals surface area contributed by atoms with Gasteiger partial charge in [-0.15, -0.1) is 11.6 Å². The maximum absolute atomic E-state index is 13.5. The molecule has 1 heterocycles. The summed E-state index contributed by atoms with van der Waals surface area (Å²) >= 11 is 11.7. The Hall–Kier alpha value is -0.850. The number of imidazole rings is 1. The van der Waals surface area contributed by atoms with Crippen molar-refractivity contribution in [2.75, 3.05) is 6.26 Å². The molecule has 0 aliphatic heterocycles. The van der Waals surface area contributed by atoms with E-state index in [2.05, 4.69) is 4.98 Å². The predicted octanol–water partition coefficient (Wildman–Crippen LogP) is 3.39. The third kappa shape index (κ3) is 3.03. The fraction of sp³-hybridized carbons (Fsp3) is 0.462. The summed E-state index contributed by atoms with van der Waals surface area (Å²) in [6, 6.07) is 2.66. The summed E-state index contributed by atoms with van der Waals surface area (Å²) in [5.74, 6) is -0.00400. The average molecular weight is 353 g/mol. The molecule has 0 unspecified atom stereocenters. The van der Waals surface area contributed by atoms with Crippen LogP contribution in [0.3, 0.4) is 0 Å². The van der Waals surface area contributed by atoms with Gasteiger partial charge in [-0.2, -0.15) is 0 Å². The van der Waals surface area contributed by atoms with E-state index >= 15 is 0 Å². The topological polar surface area (TPSA) is 52.0 Å². The van der Waals surface area contributed by atoms with E-state index in [0.29, 0.717) is 16.9 Å². The standard InChI is InChI=1S/C13H15Cl2FN2O2S/c1-13(2,21(3,19)20)7-18-11-4-8(15)9(16)5-10(11)17-12(18)6-14/h4-5H,6-7H2,1-3H3. The third-order valence-electron chi connectivity index (χ3n) is 3.53. The van der Waals surface area contributed by atoms with Crippen molar-refractivity contribution in [3.8, 4) is 0 Å². The summed E-state index contributed by atoms with van der Waals surface area (Å²) in [5, 5.41) is -0.0399. The number of hydrogen-bond donors (Lipinski definition) is 0. The second-order valence-electron chi connectivity index (χ2n) is 5.53. The number of benzene rings is 1. The molecule has 1 aromatic carbocycles. The Morgan fingerprint density at radius 2 is 2.00 bits per heavy atom. The zero-order valence-electron chi connectivity index (χ0n) is 11.8. The maximum atomic E-state index is 13.5. The Bertz CT molecular complexity index is 800. The van der Waals surface area contributed by atoms with E-state index in [0.717, 1.165) is 0 Å². The molecular weight excluding hydrogens is 338 g/mol. The van der Waals surface area contributed by atoms with Gasteiger partial charge in [-0.05, 0) is 19.9 Å². The summed E-state index contributed by atoms with van der Waals surface area (Å²) in [6.07, 6.45) is 1.18. The summed E-state index contributed by atoms with van der Waals surface area (Å²) in [4.78, 5) is 4.24. The van der Waals surface area contributed by atoms with Crippen molar-refractivity contribution in [1.82, 2.24) is 9.55 Å². The Kier molecular flexibility index (Phi) is 4.26. The molecule has 0 radical (unpaired) electrons. The molecule has 0 saturated carbocycles. The zero-order chi connectivity index (χ0) is 16.0. The fourth-order valence-electron chi connectivity index (χ4n) is 1.95. The van der Waals surface area contributed by atoms with Crippen molar-refractivity contribution >= 4 is 44.1 Å². The molecule has 0 fully saturated rings. The molecule has 21 heavy (non-hydrogen) atoms. The van der Waals surface area contributed by atoms with Crippen molar-refractivity contribution in [3.63, 3.8) is 0 Å². The van der Waals surface area contributed by atoms with Gasteiger partial charge in [0, 0.05) is 18.9 Å². The minimum atomic E-state index is -3.29. The van der Waals surface area contributed by atoms with Crippen LogP contribution in [0.15, 0.2) is 12.1 Å². The smallest absolute Gasteiger partial charge is 0.154 e. The van der Waals surface area contributed by atoms with Crippen LogP contribution in [0.2, 0.25) is 5.02 Å². The van der Waals surface area contributed by atoms with Crippen molar-refractivity contribution < 1.29 is 12.8 Å².